The maximum absolute atomic E-state index is 13.7. The molecule has 0 bridgehead atoms. The van der Waals surface area contributed by atoms with Gasteiger partial charge in [0.1, 0.15) is 17.7 Å². The summed E-state index contributed by atoms with van der Waals surface area (Å²) in [5.74, 6) is -2.38. The number of fused-ring (bicyclic) bond motifs is 3. The summed E-state index contributed by atoms with van der Waals surface area (Å²) >= 11 is 0. The number of rotatable bonds is 5. The van der Waals surface area contributed by atoms with E-state index in [1.54, 1.807) is 19.2 Å². The van der Waals surface area contributed by atoms with Gasteiger partial charge in [0.15, 0.2) is 6.10 Å². The van der Waals surface area contributed by atoms with Crippen LogP contribution in [0.5, 0.6) is 0 Å². The van der Waals surface area contributed by atoms with Crippen LogP contribution in [0.4, 0.5) is 19.3 Å². The minimum atomic E-state index is -1.26. The number of nitrogens with zero attached hydrogens (tertiary/aromatic N) is 1. The van der Waals surface area contributed by atoms with Gasteiger partial charge in [-0.25, -0.2) is 13.6 Å². The number of amides is 3. The number of hydrogen-bond donors (Lipinski definition) is 2. The summed E-state index contributed by atoms with van der Waals surface area (Å²) in [6.45, 7) is 1.03. The van der Waals surface area contributed by atoms with Gasteiger partial charge in [-0.1, -0.05) is 42.5 Å². The molecule has 7 nitrogen and oxygen atoms in total. The Morgan fingerprint density at radius 3 is 2.49 bits per heavy atom. The summed E-state index contributed by atoms with van der Waals surface area (Å²) < 4.78 is 32.1. The second-order valence-electron chi connectivity index (χ2n) is 8.08. The number of carbonyl (C=O) groups excluding carboxylic acids is 3. The molecule has 9 heteroatoms. The molecule has 3 aromatic carbocycles. The van der Waals surface area contributed by atoms with Crippen molar-refractivity contribution in [3.05, 3.63) is 89.5 Å². The lowest BCUT2D eigenvalue weighted by atomic mass is 9.95. The molecule has 0 fully saturated rings. The van der Waals surface area contributed by atoms with Gasteiger partial charge < -0.3 is 20.3 Å². The number of para-hydroxylation sites is 1. The summed E-state index contributed by atoms with van der Waals surface area (Å²) in [5.41, 5.74) is 2.90. The van der Waals surface area contributed by atoms with E-state index in [9.17, 15) is 23.2 Å². The van der Waals surface area contributed by atoms with Gasteiger partial charge in [0.2, 0.25) is 0 Å². The van der Waals surface area contributed by atoms with Crippen molar-refractivity contribution < 1.29 is 27.9 Å². The van der Waals surface area contributed by atoms with Crippen LogP contribution in [-0.2, 0) is 20.9 Å². The highest BCUT2D eigenvalue weighted by atomic mass is 19.1. The molecule has 180 valence electrons. The lowest BCUT2D eigenvalue weighted by Gasteiger charge is -2.24. The lowest BCUT2D eigenvalue weighted by molar-refractivity contribution is -0.132. The first-order valence-electron chi connectivity index (χ1n) is 10.9. The first kappa shape index (κ1) is 23.9. The number of alkyl carbamates (subject to hydrolysis) is 1. The van der Waals surface area contributed by atoms with Crippen molar-refractivity contribution in [2.24, 2.45) is 0 Å². The third-order valence-corrected chi connectivity index (χ3v) is 5.78. The van der Waals surface area contributed by atoms with Gasteiger partial charge in [0.05, 0.1) is 5.69 Å². The molecule has 3 aromatic rings. The fourth-order valence-corrected chi connectivity index (χ4v) is 3.93. The van der Waals surface area contributed by atoms with E-state index in [1.165, 1.54) is 11.8 Å². The molecular formula is C26H23F2N3O4. The molecule has 4 rings (SSSR count). The predicted octanol–water partition coefficient (Wildman–Crippen LogP) is 4.08. The predicted molar refractivity (Wildman–Crippen MR) is 125 cm³/mol. The first-order valence-corrected chi connectivity index (χ1v) is 10.9. The van der Waals surface area contributed by atoms with Gasteiger partial charge in [-0.15, -0.1) is 0 Å². The van der Waals surface area contributed by atoms with E-state index in [-0.39, 0.29) is 18.0 Å². The minimum Gasteiger partial charge on any atom is -0.436 e. The molecule has 0 spiro atoms. The number of benzene rings is 3. The number of halogens is 2. The van der Waals surface area contributed by atoms with Crippen molar-refractivity contribution in [3.8, 4) is 11.1 Å². The summed E-state index contributed by atoms with van der Waals surface area (Å²) in [6.07, 6.45) is -2.25. The molecule has 0 saturated heterocycles. The number of carbonyl (C=O) groups is 3. The zero-order valence-electron chi connectivity index (χ0n) is 19.0. The van der Waals surface area contributed by atoms with Crippen LogP contribution in [0, 0.1) is 11.6 Å². The van der Waals surface area contributed by atoms with E-state index >= 15 is 0 Å². The number of ether oxygens (including phenoxy) is 1. The van der Waals surface area contributed by atoms with Crippen LogP contribution in [0.1, 0.15) is 24.1 Å². The maximum Gasteiger partial charge on any atom is 0.408 e. The number of likely N-dealkylation sites (N-methyl/N-ethyl adjacent to an activating group) is 1. The lowest BCUT2D eigenvalue weighted by Crippen LogP contribution is -2.45. The van der Waals surface area contributed by atoms with Crippen molar-refractivity contribution >= 4 is 23.6 Å². The molecule has 0 radical (unpaired) electrons. The third kappa shape index (κ3) is 4.98. The monoisotopic (exact) mass is 479 g/mol. The fraction of sp³-hybridized carbons (Fsp3) is 0.192. The van der Waals surface area contributed by atoms with Crippen molar-refractivity contribution in [1.82, 2.24) is 10.6 Å². The van der Waals surface area contributed by atoms with Gasteiger partial charge >= 0.3 is 6.09 Å². The van der Waals surface area contributed by atoms with E-state index < -0.39 is 35.8 Å². The molecular weight excluding hydrogens is 456 g/mol. The topological polar surface area (TPSA) is 87.7 Å². The van der Waals surface area contributed by atoms with Crippen molar-refractivity contribution in [3.63, 3.8) is 0 Å². The van der Waals surface area contributed by atoms with E-state index in [1.807, 2.05) is 36.4 Å². The van der Waals surface area contributed by atoms with Crippen LogP contribution in [0.25, 0.3) is 11.1 Å². The highest BCUT2D eigenvalue weighted by Crippen LogP contribution is 2.39. The second-order valence-corrected chi connectivity index (χ2v) is 8.08. The number of anilines is 1. The molecule has 2 N–H and O–H groups in total. The largest absolute Gasteiger partial charge is 0.436 e. The standard InChI is InChI=1S/C26H23F2N3O4/c1-15(35-26(34)29-14-16-13-17(27)11-12-21(16)28)24(32)30-23-20-9-4-3-7-18(20)19-8-5-6-10-22(19)31(2)25(23)33/h3-13,15,23H,14H2,1-2H3,(H,29,34)(H,30,32)/t15?,23-/m0/s1. The van der Waals surface area contributed by atoms with Crippen LogP contribution in [0.2, 0.25) is 0 Å². The summed E-state index contributed by atoms with van der Waals surface area (Å²) in [4.78, 5) is 39.8. The Balaban J connectivity index is 1.46. The summed E-state index contributed by atoms with van der Waals surface area (Å²) in [6, 6.07) is 16.5. The van der Waals surface area contributed by atoms with Gasteiger partial charge in [0.25, 0.3) is 11.8 Å². The molecule has 2 atom stereocenters. The third-order valence-electron chi connectivity index (χ3n) is 5.78. The van der Waals surface area contributed by atoms with Crippen LogP contribution < -0.4 is 15.5 Å². The van der Waals surface area contributed by atoms with Crippen molar-refractivity contribution in [2.75, 3.05) is 11.9 Å². The quantitative estimate of drug-likeness (QED) is 0.577. The number of nitrogens with one attached hydrogen (secondary N) is 2. The first-order chi connectivity index (χ1) is 16.8. The molecule has 0 aromatic heterocycles. The van der Waals surface area contributed by atoms with Crippen LogP contribution >= 0.6 is 0 Å². The zero-order valence-corrected chi connectivity index (χ0v) is 19.0. The molecule has 1 unspecified atom stereocenters. The highest BCUT2D eigenvalue weighted by molar-refractivity contribution is 6.06. The molecule has 1 heterocycles. The Kier molecular flexibility index (Phi) is 6.77. The Morgan fingerprint density at radius 2 is 1.71 bits per heavy atom. The molecule has 0 aliphatic carbocycles. The highest BCUT2D eigenvalue weighted by Gasteiger charge is 2.34. The average Bonchev–Trinajstić information content (AvgIpc) is 2.94. The van der Waals surface area contributed by atoms with Crippen LogP contribution in [0.15, 0.2) is 66.7 Å². The van der Waals surface area contributed by atoms with Crippen molar-refractivity contribution in [2.45, 2.75) is 25.6 Å². The summed E-state index contributed by atoms with van der Waals surface area (Å²) in [5, 5.41) is 4.97. The second kappa shape index (κ2) is 9.92. The molecule has 0 saturated carbocycles. The Morgan fingerprint density at radius 1 is 1.03 bits per heavy atom. The minimum absolute atomic E-state index is 0.0673. The van der Waals surface area contributed by atoms with E-state index in [0.717, 1.165) is 29.3 Å². The average molecular weight is 479 g/mol. The normalized spacial score (nSPS) is 15.4. The molecule has 3 amide bonds. The Labute approximate surface area is 200 Å². The fourth-order valence-electron chi connectivity index (χ4n) is 3.93. The van der Waals surface area contributed by atoms with Gasteiger partial charge in [-0.05, 0) is 42.3 Å². The van der Waals surface area contributed by atoms with Crippen LogP contribution in [-0.4, -0.2) is 31.1 Å². The Hall–Kier alpha value is -4.27. The smallest absolute Gasteiger partial charge is 0.408 e. The molecule has 35 heavy (non-hydrogen) atoms. The maximum atomic E-state index is 13.7. The van der Waals surface area contributed by atoms with Gasteiger partial charge in [-0.3, -0.25) is 9.59 Å². The van der Waals surface area contributed by atoms with Crippen LogP contribution in [0.3, 0.4) is 0 Å². The van der Waals surface area contributed by atoms with Crippen molar-refractivity contribution in [1.29, 1.82) is 0 Å². The molecule has 1 aliphatic heterocycles. The SMILES string of the molecule is CC(OC(=O)NCc1cc(F)ccc1F)C(=O)N[C@@H]1C(=O)N(C)c2ccccc2-c2ccccc21. The van der Waals surface area contributed by atoms with Gasteiger partial charge in [-0.2, -0.15) is 0 Å². The zero-order chi connectivity index (χ0) is 25.1. The van der Waals surface area contributed by atoms with E-state index in [0.29, 0.717) is 11.3 Å². The van der Waals surface area contributed by atoms with Gasteiger partial charge in [0, 0.05) is 24.7 Å². The number of hydrogen-bond acceptors (Lipinski definition) is 4. The van der Waals surface area contributed by atoms with E-state index in [2.05, 4.69) is 10.6 Å². The Bertz CT molecular complexity index is 1300. The van der Waals surface area contributed by atoms with E-state index in [4.69, 9.17) is 4.74 Å². The molecule has 1 aliphatic rings. The summed E-state index contributed by atoms with van der Waals surface area (Å²) in [7, 11) is 1.63.